The molecule has 18 heavy (non-hydrogen) atoms. The summed E-state index contributed by atoms with van der Waals surface area (Å²) in [6, 6.07) is 0. The van der Waals surface area contributed by atoms with Gasteiger partial charge >= 0.3 is 5.97 Å². The molecule has 1 aliphatic heterocycles. The van der Waals surface area contributed by atoms with Gasteiger partial charge in [-0.3, -0.25) is 9.79 Å². The molecule has 0 spiro atoms. The zero-order chi connectivity index (χ0) is 13.0. The fourth-order valence-electron chi connectivity index (χ4n) is 1.59. The van der Waals surface area contributed by atoms with Gasteiger partial charge in [0.05, 0.1) is 26.4 Å². The maximum absolute atomic E-state index is 11.0. The van der Waals surface area contributed by atoms with Gasteiger partial charge in [0.1, 0.15) is 12.2 Å². The van der Waals surface area contributed by atoms with Gasteiger partial charge < -0.3 is 15.0 Å². The largest absolute Gasteiger partial charge is 0.468 e. The third kappa shape index (κ3) is 2.96. The molecule has 0 amide bonds. The molecular formula is C10H16N6O2. The lowest BCUT2D eigenvalue weighted by molar-refractivity contribution is -0.141. The summed E-state index contributed by atoms with van der Waals surface area (Å²) in [6.07, 6.45) is 1.71. The van der Waals surface area contributed by atoms with Crippen LogP contribution >= 0.6 is 0 Å². The van der Waals surface area contributed by atoms with Gasteiger partial charge in [0.25, 0.3) is 0 Å². The topological polar surface area (TPSA) is 84.6 Å². The number of esters is 1. The Balaban J connectivity index is 1.85. The second-order valence-electron chi connectivity index (χ2n) is 3.96. The Labute approximate surface area is 105 Å². The Morgan fingerprint density at radius 1 is 1.61 bits per heavy atom. The molecule has 0 aliphatic carbocycles. The molecule has 1 N–H and O–H groups in total. The van der Waals surface area contributed by atoms with Crippen molar-refractivity contribution >= 4 is 11.9 Å². The SMILES string of the molecule is COC(=O)Cn1cc(CNC2=NCCN2C)nn1. The molecule has 1 aliphatic rings. The van der Waals surface area contributed by atoms with Gasteiger partial charge in [0.15, 0.2) is 5.96 Å². The van der Waals surface area contributed by atoms with Crippen LogP contribution in [0.15, 0.2) is 11.2 Å². The Kier molecular flexibility index (Phi) is 3.75. The summed E-state index contributed by atoms with van der Waals surface area (Å²) in [4.78, 5) is 17.4. The first kappa shape index (κ1) is 12.3. The average molecular weight is 252 g/mol. The molecule has 0 saturated heterocycles. The minimum absolute atomic E-state index is 0.0738. The highest BCUT2D eigenvalue weighted by atomic mass is 16.5. The normalized spacial score (nSPS) is 14.6. The predicted octanol–water partition coefficient (Wildman–Crippen LogP) is -1.16. The lowest BCUT2D eigenvalue weighted by atomic mass is 10.4. The van der Waals surface area contributed by atoms with E-state index in [1.165, 1.54) is 11.8 Å². The van der Waals surface area contributed by atoms with Crippen molar-refractivity contribution in [2.24, 2.45) is 4.99 Å². The summed E-state index contributed by atoms with van der Waals surface area (Å²) in [6.45, 7) is 2.35. The van der Waals surface area contributed by atoms with Gasteiger partial charge in [-0.2, -0.15) is 0 Å². The van der Waals surface area contributed by atoms with Crippen molar-refractivity contribution in [2.75, 3.05) is 27.2 Å². The van der Waals surface area contributed by atoms with Gasteiger partial charge in [-0.25, -0.2) is 4.68 Å². The molecule has 8 nitrogen and oxygen atoms in total. The van der Waals surface area contributed by atoms with Crippen LogP contribution in [0, 0.1) is 0 Å². The first-order valence-corrected chi connectivity index (χ1v) is 5.64. The number of ether oxygens (including phenoxy) is 1. The number of aliphatic imine (C=N–C) groups is 1. The summed E-state index contributed by atoms with van der Waals surface area (Å²) >= 11 is 0. The first-order valence-electron chi connectivity index (χ1n) is 5.64. The Hall–Kier alpha value is -2.12. The quantitative estimate of drug-likeness (QED) is 0.681. The highest BCUT2D eigenvalue weighted by Gasteiger charge is 2.12. The fraction of sp³-hybridized carbons (Fsp3) is 0.600. The second-order valence-corrected chi connectivity index (χ2v) is 3.96. The molecule has 0 aromatic carbocycles. The maximum Gasteiger partial charge on any atom is 0.327 e. The molecule has 0 atom stereocenters. The van der Waals surface area contributed by atoms with Crippen LogP contribution in [0.1, 0.15) is 5.69 Å². The number of hydrogen-bond acceptors (Lipinski definition) is 7. The lowest BCUT2D eigenvalue weighted by Gasteiger charge is -2.13. The summed E-state index contributed by atoms with van der Waals surface area (Å²) in [7, 11) is 3.32. The van der Waals surface area contributed by atoms with E-state index in [9.17, 15) is 4.79 Å². The molecule has 0 bridgehead atoms. The molecule has 98 valence electrons. The van der Waals surface area contributed by atoms with Crippen LogP contribution in [0.3, 0.4) is 0 Å². The van der Waals surface area contributed by atoms with E-state index >= 15 is 0 Å². The van der Waals surface area contributed by atoms with E-state index in [0.29, 0.717) is 6.54 Å². The fourth-order valence-corrected chi connectivity index (χ4v) is 1.59. The van der Waals surface area contributed by atoms with Crippen LogP contribution < -0.4 is 5.32 Å². The van der Waals surface area contributed by atoms with E-state index in [1.807, 2.05) is 11.9 Å². The standard InChI is InChI=1S/C10H16N6O2/c1-15-4-3-11-10(15)12-5-8-6-16(14-13-8)7-9(17)18-2/h6H,3-5,7H2,1-2H3,(H,11,12). The van der Waals surface area contributed by atoms with Crippen LogP contribution in [0.4, 0.5) is 0 Å². The Morgan fingerprint density at radius 2 is 2.44 bits per heavy atom. The number of nitrogens with zero attached hydrogens (tertiary/aromatic N) is 5. The molecule has 0 fully saturated rings. The third-order valence-electron chi connectivity index (χ3n) is 2.59. The highest BCUT2D eigenvalue weighted by Crippen LogP contribution is 1.98. The summed E-state index contributed by atoms with van der Waals surface area (Å²) in [5.74, 6) is 0.511. The first-order chi connectivity index (χ1) is 8.69. The van der Waals surface area contributed by atoms with E-state index < -0.39 is 0 Å². The van der Waals surface area contributed by atoms with E-state index in [1.54, 1.807) is 6.20 Å². The minimum Gasteiger partial charge on any atom is -0.468 e. The average Bonchev–Trinajstić information content (AvgIpc) is 2.96. The number of aromatic nitrogens is 3. The molecule has 1 aromatic heterocycles. The van der Waals surface area contributed by atoms with Crippen LogP contribution in [0.5, 0.6) is 0 Å². The molecule has 8 heteroatoms. The number of guanidine groups is 1. The third-order valence-corrected chi connectivity index (χ3v) is 2.59. The number of likely N-dealkylation sites (N-methyl/N-ethyl adjacent to an activating group) is 1. The van der Waals surface area contributed by atoms with Crippen LogP contribution in [-0.4, -0.2) is 59.1 Å². The summed E-state index contributed by atoms with van der Waals surface area (Å²) < 4.78 is 6.00. The van der Waals surface area contributed by atoms with Gasteiger partial charge in [-0.1, -0.05) is 5.21 Å². The number of methoxy groups -OCH3 is 1. The van der Waals surface area contributed by atoms with Crippen molar-refractivity contribution in [3.05, 3.63) is 11.9 Å². The van der Waals surface area contributed by atoms with Crippen LogP contribution in [-0.2, 0) is 22.6 Å². The molecule has 2 heterocycles. The summed E-state index contributed by atoms with van der Waals surface area (Å²) in [5, 5.41) is 11.0. The van der Waals surface area contributed by atoms with E-state index in [2.05, 4.69) is 25.4 Å². The number of nitrogens with one attached hydrogen (secondary N) is 1. The second kappa shape index (κ2) is 5.48. The molecular weight excluding hydrogens is 236 g/mol. The van der Waals surface area contributed by atoms with Crippen molar-refractivity contribution in [3.63, 3.8) is 0 Å². The van der Waals surface area contributed by atoms with Crippen LogP contribution in [0.2, 0.25) is 0 Å². The van der Waals surface area contributed by atoms with Crippen molar-refractivity contribution in [1.29, 1.82) is 0 Å². The van der Waals surface area contributed by atoms with Gasteiger partial charge in [-0.15, -0.1) is 5.10 Å². The smallest absolute Gasteiger partial charge is 0.327 e. The number of hydrogen-bond donors (Lipinski definition) is 1. The number of carbonyl (C=O) groups excluding carboxylic acids is 1. The van der Waals surface area contributed by atoms with Gasteiger partial charge in [0, 0.05) is 13.6 Å². The van der Waals surface area contributed by atoms with E-state index in [0.717, 1.165) is 24.7 Å². The monoisotopic (exact) mass is 252 g/mol. The Morgan fingerprint density at radius 3 is 3.11 bits per heavy atom. The van der Waals surface area contributed by atoms with Crippen molar-refractivity contribution in [1.82, 2.24) is 25.2 Å². The minimum atomic E-state index is -0.348. The zero-order valence-corrected chi connectivity index (χ0v) is 10.5. The van der Waals surface area contributed by atoms with E-state index in [-0.39, 0.29) is 12.5 Å². The molecule has 0 radical (unpaired) electrons. The molecule has 0 unspecified atom stereocenters. The number of carbonyl (C=O) groups is 1. The maximum atomic E-state index is 11.0. The Bertz CT molecular complexity index is 455. The molecule has 1 aromatic rings. The van der Waals surface area contributed by atoms with Crippen molar-refractivity contribution < 1.29 is 9.53 Å². The molecule has 0 saturated carbocycles. The predicted molar refractivity (Wildman–Crippen MR) is 63.8 cm³/mol. The highest BCUT2D eigenvalue weighted by molar-refractivity contribution is 5.81. The lowest BCUT2D eigenvalue weighted by Crippen LogP contribution is -2.35. The van der Waals surface area contributed by atoms with Crippen molar-refractivity contribution in [2.45, 2.75) is 13.1 Å². The van der Waals surface area contributed by atoms with Crippen molar-refractivity contribution in [3.8, 4) is 0 Å². The number of rotatable bonds is 4. The van der Waals surface area contributed by atoms with Crippen LogP contribution in [0.25, 0.3) is 0 Å². The summed E-state index contributed by atoms with van der Waals surface area (Å²) in [5.41, 5.74) is 0.752. The van der Waals surface area contributed by atoms with Gasteiger partial charge in [0.2, 0.25) is 0 Å². The zero-order valence-electron chi connectivity index (χ0n) is 10.5. The molecule has 2 rings (SSSR count). The van der Waals surface area contributed by atoms with Gasteiger partial charge in [-0.05, 0) is 0 Å². The van der Waals surface area contributed by atoms with E-state index in [4.69, 9.17) is 0 Å².